The van der Waals surface area contributed by atoms with E-state index in [1.807, 2.05) is 5.32 Å². The van der Waals surface area contributed by atoms with Crippen molar-refractivity contribution in [1.29, 1.82) is 0 Å². The summed E-state index contributed by atoms with van der Waals surface area (Å²) in [5, 5.41) is 6.84. The normalized spacial score (nSPS) is 10.3. The van der Waals surface area contributed by atoms with Crippen molar-refractivity contribution in [3.05, 3.63) is 48.3 Å². The Balaban J connectivity index is 1.89. The van der Waals surface area contributed by atoms with Crippen LogP contribution in [0.15, 0.2) is 42.5 Å². The number of anilines is 2. The number of nitrogens with one attached hydrogen (secondary N) is 3. The molecule has 0 spiro atoms. The summed E-state index contributed by atoms with van der Waals surface area (Å²) in [5.74, 6) is -1.50. The topological polar surface area (TPSA) is 88.7 Å². The first kappa shape index (κ1) is 19.9. The summed E-state index contributed by atoms with van der Waals surface area (Å²) in [6.45, 7) is -3.38. The Kier molecular flexibility index (Phi) is 6.86. The molecule has 0 saturated carbocycles. The van der Waals surface area contributed by atoms with E-state index in [2.05, 4.69) is 15.4 Å². The first-order chi connectivity index (χ1) is 12.9. The van der Waals surface area contributed by atoms with Crippen molar-refractivity contribution in [2.45, 2.75) is 6.61 Å². The molecular weight excluding hydrogens is 367 g/mol. The lowest BCUT2D eigenvalue weighted by Gasteiger charge is -2.13. The van der Waals surface area contributed by atoms with E-state index in [-0.39, 0.29) is 29.4 Å². The zero-order valence-electron chi connectivity index (χ0n) is 14.1. The van der Waals surface area contributed by atoms with Crippen LogP contribution in [0.2, 0.25) is 0 Å². The number of imide groups is 1. The third-order valence-electron chi connectivity index (χ3n) is 3.21. The second-order valence-electron chi connectivity index (χ2n) is 5.08. The molecule has 0 aliphatic rings. The number of urea groups is 1. The number of hydrogen-bond acceptors (Lipinski definition) is 5. The van der Waals surface area contributed by atoms with Gasteiger partial charge in [0.05, 0.1) is 19.3 Å². The van der Waals surface area contributed by atoms with E-state index in [0.29, 0.717) is 0 Å². The number of halogens is 3. The molecule has 144 valence electrons. The van der Waals surface area contributed by atoms with Gasteiger partial charge in [-0.1, -0.05) is 12.1 Å². The van der Waals surface area contributed by atoms with Crippen LogP contribution in [0.1, 0.15) is 0 Å². The Morgan fingerprint density at radius 1 is 1.11 bits per heavy atom. The van der Waals surface area contributed by atoms with Crippen molar-refractivity contribution in [2.24, 2.45) is 0 Å². The van der Waals surface area contributed by atoms with E-state index in [0.717, 1.165) is 6.07 Å². The van der Waals surface area contributed by atoms with Gasteiger partial charge in [0.15, 0.2) is 11.5 Å². The van der Waals surface area contributed by atoms with Gasteiger partial charge in [0.25, 0.3) is 0 Å². The smallest absolute Gasteiger partial charge is 0.387 e. The van der Waals surface area contributed by atoms with Crippen LogP contribution in [0.3, 0.4) is 0 Å². The number of carbonyl (C=O) groups excluding carboxylic acids is 2. The van der Waals surface area contributed by atoms with E-state index in [9.17, 15) is 22.8 Å². The van der Waals surface area contributed by atoms with E-state index < -0.39 is 24.4 Å². The number of rotatable bonds is 7. The first-order valence-electron chi connectivity index (χ1n) is 7.61. The number of ether oxygens (including phenoxy) is 2. The summed E-state index contributed by atoms with van der Waals surface area (Å²) >= 11 is 0. The molecule has 27 heavy (non-hydrogen) atoms. The van der Waals surface area contributed by atoms with Crippen molar-refractivity contribution in [1.82, 2.24) is 5.32 Å². The van der Waals surface area contributed by atoms with Crippen molar-refractivity contribution >= 4 is 23.3 Å². The lowest BCUT2D eigenvalue weighted by atomic mass is 10.2. The molecule has 0 bridgehead atoms. The predicted octanol–water partition coefficient (Wildman–Crippen LogP) is 3.20. The summed E-state index contributed by atoms with van der Waals surface area (Å²) in [7, 11) is 1.29. The Morgan fingerprint density at radius 2 is 1.85 bits per heavy atom. The molecular formula is C17H16F3N3O4. The summed E-state index contributed by atoms with van der Waals surface area (Å²) in [5.41, 5.74) is 0.204. The monoisotopic (exact) mass is 383 g/mol. The van der Waals surface area contributed by atoms with Gasteiger partial charge in [-0.05, 0) is 24.3 Å². The van der Waals surface area contributed by atoms with Gasteiger partial charge in [-0.25, -0.2) is 9.18 Å². The van der Waals surface area contributed by atoms with Crippen molar-refractivity contribution in [3.63, 3.8) is 0 Å². The fourth-order valence-corrected chi connectivity index (χ4v) is 2.04. The number of carbonyl (C=O) groups is 2. The molecule has 2 aromatic rings. The largest absolute Gasteiger partial charge is 0.493 e. The Bertz CT molecular complexity index is 818. The van der Waals surface area contributed by atoms with Crippen LogP contribution in [0.5, 0.6) is 11.5 Å². The SMILES string of the molecule is COc1ccc(NCC(=O)NC(=O)Nc2ccccc2F)cc1OC(F)F. The van der Waals surface area contributed by atoms with Gasteiger partial charge in [-0.15, -0.1) is 0 Å². The molecule has 7 nitrogen and oxygen atoms in total. The van der Waals surface area contributed by atoms with Crippen molar-refractivity contribution in [2.75, 3.05) is 24.3 Å². The molecule has 3 N–H and O–H groups in total. The minimum absolute atomic E-state index is 0.0836. The lowest BCUT2D eigenvalue weighted by Crippen LogP contribution is -2.38. The molecule has 0 fully saturated rings. The Morgan fingerprint density at radius 3 is 2.52 bits per heavy atom. The van der Waals surface area contributed by atoms with Gasteiger partial charge in [-0.2, -0.15) is 8.78 Å². The number of methoxy groups -OCH3 is 1. The zero-order chi connectivity index (χ0) is 19.8. The molecule has 3 amide bonds. The van der Waals surface area contributed by atoms with Gasteiger partial charge in [0.2, 0.25) is 5.91 Å². The Hall–Kier alpha value is -3.43. The van der Waals surface area contributed by atoms with Crippen LogP contribution in [0, 0.1) is 5.82 Å². The highest BCUT2D eigenvalue weighted by atomic mass is 19.3. The summed E-state index contributed by atoms with van der Waals surface area (Å²) in [6, 6.07) is 8.62. The van der Waals surface area contributed by atoms with Crippen molar-refractivity contribution < 1.29 is 32.2 Å². The second kappa shape index (κ2) is 9.32. The minimum atomic E-state index is -3.04. The first-order valence-corrected chi connectivity index (χ1v) is 7.61. The van der Waals surface area contributed by atoms with Crippen LogP contribution in [0.25, 0.3) is 0 Å². The average molecular weight is 383 g/mol. The summed E-state index contributed by atoms with van der Waals surface area (Å²) in [4.78, 5) is 23.5. The zero-order valence-corrected chi connectivity index (χ0v) is 14.1. The maximum Gasteiger partial charge on any atom is 0.387 e. The van der Waals surface area contributed by atoms with Crippen LogP contribution in [-0.4, -0.2) is 32.2 Å². The predicted molar refractivity (Wildman–Crippen MR) is 91.7 cm³/mol. The molecule has 0 aliphatic carbocycles. The van der Waals surface area contributed by atoms with E-state index in [1.54, 1.807) is 0 Å². The highest BCUT2D eigenvalue weighted by Crippen LogP contribution is 2.31. The molecule has 0 aromatic heterocycles. The lowest BCUT2D eigenvalue weighted by molar-refractivity contribution is -0.118. The number of para-hydroxylation sites is 1. The number of amides is 3. The fourth-order valence-electron chi connectivity index (χ4n) is 2.04. The van der Waals surface area contributed by atoms with E-state index >= 15 is 0 Å². The average Bonchev–Trinajstić information content (AvgIpc) is 2.61. The maximum absolute atomic E-state index is 13.4. The number of alkyl halides is 2. The van der Waals surface area contributed by atoms with Crippen LogP contribution in [-0.2, 0) is 4.79 Å². The third-order valence-corrected chi connectivity index (χ3v) is 3.21. The standard InChI is InChI=1S/C17H16F3N3O4/c1-26-13-7-6-10(8-14(13)27-16(19)20)21-9-15(24)23-17(25)22-12-5-3-2-4-11(12)18/h2-8,16,21H,9H2,1H3,(H2,22,23,24,25). The highest BCUT2D eigenvalue weighted by Gasteiger charge is 2.13. The third kappa shape index (κ3) is 6.10. The second-order valence-corrected chi connectivity index (χ2v) is 5.08. The van der Waals surface area contributed by atoms with Gasteiger partial charge in [0.1, 0.15) is 5.82 Å². The van der Waals surface area contributed by atoms with Gasteiger partial charge < -0.3 is 20.1 Å². The molecule has 0 heterocycles. The summed E-state index contributed by atoms with van der Waals surface area (Å²) < 4.78 is 47.5. The number of hydrogen-bond donors (Lipinski definition) is 3. The highest BCUT2D eigenvalue weighted by molar-refractivity contribution is 6.02. The molecule has 0 aliphatic heterocycles. The molecule has 10 heteroatoms. The van der Waals surface area contributed by atoms with E-state index in [1.165, 1.54) is 43.5 Å². The number of benzene rings is 2. The summed E-state index contributed by atoms with van der Waals surface area (Å²) in [6.07, 6.45) is 0. The van der Waals surface area contributed by atoms with Gasteiger partial charge in [0, 0.05) is 11.8 Å². The molecule has 0 saturated heterocycles. The van der Waals surface area contributed by atoms with Crippen LogP contribution >= 0.6 is 0 Å². The maximum atomic E-state index is 13.4. The van der Waals surface area contributed by atoms with Crippen molar-refractivity contribution in [3.8, 4) is 11.5 Å². The molecule has 0 unspecified atom stereocenters. The van der Waals surface area contributed by atoms with Gasteiger partial charge in [-0.3, -0.25) is 10.1 Å². The molecule has 0 radical (unpaired) electrons. The molecule has 2 rings (SSSR count). The Labute approximate surface area is 152 Å². The molecule has 0 atom stereocenters. The van der Waals surface area contributed by atoms with Crippen LogP contribution < -0.4 is 25.4 Å². The van der Waals surface area contributed by atoms with Crippen LogP contribution in [0.4, 0.5) is 29.3 Å². The quantitative estimate of drug-likeness (QED) is 0.683. The fraction of sp³-hybridized carbons (Fsp3) is 0.176. The van der Waals surface area contributed by atoms with E-state index in [4.69, 9.17) is 4.74 Å². The van der Waals surface area contributed by atoms with Gasteiger partial charge >= 0.3 is 12.6 Å². The molecule has 2 aromatic carbocycles. The minimum Gasteiger partial charge on any atom is -0.493 e.